The first kappa shape index (κ1) is 36.4. The Morgan fingerprint density at radius 1 is 0.898 bits per heavy atom. The van der Waals surface area contributed by atoms with Crippen LogP contribution in [0.4, 0.5) is 0 Å². The summed E-state index contributed by atoms with van der Waals surface area (Å²) in [5.74, 6) is -3.20. The molecule has 3 aliphatic carbocycles. The summed E-state index contributed by atoms with van der Waals surface area (Å²) >= 11 is 0. The molecule has 0 aromatic carbocycles. The maximum absolute atomic E-state index is 14.6. The van der Waals surface area contributed by atoms with Crippen molar-refractivity contribution in [3.8, 4) is 0 Å². The Morgan fingerprint density at radius 2 is 1.63 bits per heavy atom. The Hall–Kier alpha value is -3.90. The smallest absolute Gasteiger partial charge is 0.289 e. The van der Waals surface area contributed by atoms with Crippen LogP contribution in [0.3, 0.4) is 0 Å². The molecule has 0 unspecified atom stereocenters. The third-order valence-electron chi connectivity index (χ3n) is 10.7. The van der Waals surface area contributed by atoms with E-state index in [2.05, 4.69) is 31.2 Å². The molecule has 4 aliphatic rings. The monoisotopic (exact) mass is 679 g/mol. The van der Waals surface area contributed by atoms with Crippen molar-refractivity contribution in [2.75, 3.05) is 6.54 Å². The molecule has 1 aromatic heterocycles. The first-order valence-electron chi connectivity index (χ1n) is 18.2. The first-order chi connectivity index (χ1) is 23.4. The third kappa shape index (κ3) is 8.83. The molecule has 3 saturated carbocycles. The molecule has 13 nitrogen and oxygen atoms in total. The number of carbonyl (C=O) groups is 6. The minimum atomic E-state index is -0.994. The third-order valence-corrected chi connectivity index (χ3v) is 10.7. The number of aromatic nitrogens is 2. The SMILES string of the molecule is CCC[C@H](NC(=O)[C@@H]1[C@@H]2CCC[C@@H]2CN1C(=O)[C@@H](NC(=O)[C@H](NC(=O)c1cnccn1)C1CCCCC1)C(C)(C)C)C(=O)C(=O)NC1CC1. The molecule has 0 radical (unpaired) electrons. The first-order valence-corrected chi connectivity index (χ1v) is 18.2. The number of nitrogens with zero attached hydrogens (tertiary/aromatic N) is 3. The molecule has 49 heavy (non-hydrogen) atoms. The summed E-state index contributed by atoms with van der Waals surface area (Å²) in [5.41, 5.74) is -0.638. The Balaban J connectivity index is 1.36. The van der Waals surface area contributed by atoms with Crippen molar-refractivity contribution in [1.29, 1.82) is 0 Å². The zero-order chi connectivity index (χ0) is 35.3. The minimum Gasteiger partial charge on any atom is -0.347 e. The van der Waals surface area contributed by atoms with E-state index in [0.717, 1.165) is 64.2 Å². The fraction of sp³-hybridized carbons (Fsp3) is 0.722. The standard InChI is InChI=1S/C36H53N7O6/c1-5-10-25(29(44)34(48)39-23-15-16-23)40-33(47)28-24-14-9-13-22(24)20-43(28)35(49)30(36(2,3)4)42-32(46)27(21-11-7-6-8-12-21)41-31(45)26-19-37-17-18-38-26/h17-19,21-25,27-28,30H,5-16,20H2,1-4H3,(H,39,48)(H,40,47)(H,41,45)(H,42,46)/t22-,24-,25+,27-,28+,30-/m1/s1. The average Bonchev–Trinajstić information content (AvgIpc) is 3.65. The predicted molar refractivity (Wildman–Crippen MR) is 181 cm³/mol. The Labute approximate surface area is 288 Å². The van der Waals surface area contributed by atoms with E-state index < -0.39 is 59.0 Å². The molecule has 6 atom stereocenters. The van der Waals surface area contributed by atoms with Crippen molar-refractivity contribution >= 4 is 35.3 Å². The average molecular weight is 680 g/mol. The lowest BCUT2D eigenvalue weighted by Crippen LogP contribution is -2.62. The van der Waals surface area contributed by atoms with Crippen LogP contribution in [0, 0.1) is 23.2 Å². The molecule has 1 aromatic rings. The maximum atomic E-state index is 14.6. The molecule has 0 bridgehead atoms. The van der Waals surface area contributed by atoms with E-state index in [1.165, 1.54) is 18.6 Å². The van der Waals surface area contributed by atoms with E-state index in [-0.39, 0.29) is 35.4 Å². The molecule has 2 heterocycles. The number of likely N-dealkylation sites (tertiary alicyclic amines) is 1. The summed E-state index contributed by atoms with van der Waals surface area (Å²) in [6.45, 7) is 7.85. The van der Waals surface area contributed by atoms with E-state index in [1.54, 1.807) is 4.90 Å². The molecule has 13 heteroatoms. The topological polar surface area (TPSA) is 180 Å². The maximum Gasteiger partial charge on any atom is 0.289 e. The van der Waals surface area contributed by atoms with Gasteiger partial charge in [0.1, 0.15) is 23.8 Å². The van der Waals surface area contributed by atoms with Crippen LogP contribution in [0.2, 0.25) is 0 Å². The zero-order valence-corrected chi connectivity index (χ0v) is 29.3. The number of Topliss-reactive ketones (excluding diaryl/α,β-unsaturated/α-hetero) is 1. The Bertz CT molecular complexity index is 1390. The molecular formula is C36H53N7O6. The second kappa shape index (κ2) is 15.8. The van der Waals surface area contributed by atoms with E-state index in [4.69, 9.17) is 0 Å². The van der Waals surface area contributed by atoms with Gasteiger partial charge in [-0.05, 0) is 68.1 Å². The number of rotatable bonds is 13. The lowest BCUT2D eigenvalue weighted by molar-refractivity contribution is -0.146. The summed E-state index contributed by atoms with van der Waals surface area (Å²) in [6, 6.07) is -3.68. The van der Waals surface area contributed by atoms with Crippen molar-refractivity contribution < 1.29 is 28.8 Å². The number of hydrogen-bond donors (Lipinski definition) is 4. The summed E-state index contributed by atoms with van der Waals surface area (Å²) in [6.07, 6.45) is 13.9. The summed E-state index contributed by atoms with van der Waals surface area (Å²) in [4.78, 5) is 91.4. The van der Waals surface area contributed by atoms with Crippen LogP contribution < -0.4 is 21.3 Å². The van der Waals surface area contributed by atoms with Gasteiger partial charge in [0, 0.05) is 25.0 Å². The van der Waals surface area contributed by atoms with Gasteiger partial charge in [-0.25, -0.2) is 4.98 Å². The zero-order valence-electron chi connectivity index (χ0n) is 29.3. The van der Waals surface area contributed by atoms with Gasteiger partial charge in [0.05, 0.1) is 12.2 Å². The second-order valence-corrected chi connectivity index (χ2v) is 15.5. The second-order valence-electron chi connectivity index (χ2n) is 15.5. The summed E-state index contributed by atoms with van der Waals surface area (Å²) < 4.78 is 0. The van der Waals surface area contributed by atoms with Crippen LogP contribution in [0.15, 0.2) is 18.6 Å². The van der Waals surface area contributed by atoms with Gasteiger partial charge in [0.15, 0.2) is 0 Å². The predicted octanol–water partition coefficient (Wildman–Crippen LogP) is 2.45. The summed E-state index contributed by atoms with van der Waals surface area (Å²) in [5, 5.41) is 11.5. The number of fused-ring (bicyclic) bond motifs is 1. The molecule has 4 N–H and O–H groups in total. The van der Waals surface area contributed by atoms with Gasteiger partial charge in [-0.2, -0.15) is 0 Å². The Morgan fingerprint density at radius 3 is 2.27 bits per heavy atom. The van der Waals surface area contributed by atoms with Crippen LogP contribution in [-0.4, -0.2) is 86.9 Å². The lowest BCUT2D eigenvalue weighted by atomic mass is 9.82. The van der Waals surface area contributed by atoms with Crippen molar-refractivity contribution in [2.45, 2.75) is 135 Å². The van der Waals surface area contributed by atoms with E-state index in [0.29, 0.717) is 19.4 Å². The van der Waals surface area contributed by atoms with E-state index >= 15 is 0 Å². The van der Waals surface area contributed by atoms with Crippen LogP contribution in [-0.2, 0) is 24.0 Å². The largest absolute Gasteiger partial charge is 0.347 e. The number of amides is 5. The van der Waals surface area contributed by atoms with Gasteiger partial charge < -0.3 is 26.2 Å². The van der Waals surface area contributed by atoms with Crippen LogP contribution in [0.5, 0.6) is 0 Å². The minimum absolute atomic E-state index is 0.0132. The number of ketones is 1. The van der Waals surface area contributed by atoms with Crippen LogP contribution >= 0.6 is 0 Å². The van der Waals surface area contributed by atoms with E-state index in [9.17, 15) is 28.8 Å². The van der Waals surface area contributed by atoms with Gasteiger partial charge in [0.25, 0.3) is 11.8 Å². The molecule has 5 amide bonds. The molecule has 1 saturated heterocycles. The molecule has 1 aliphatic heterocycles. The highest BCUT2D eigenvalue weighted by Gasteiger charge is 2.52. The van der Waals surface area contributed by atoms with Crippen molar-refractivity contribution in [3.63, 3.8) is 0 Å². The van der Waals surface area contributed by atoms with Crippen molar-refractivity contribution in [2.24, 2.45) is 23.2 Å². The van der Waals surface area contributed by atoms with Crippen LogP contribution in [0.25, 0.3) is 0 Å². The fourth-order valence-electron chi connectivity index (χ4n) is 7.87. The quantitative estimate of drug-likeness (QED) is 0.230. The highest BCUT2D eigenvalue weighted by atomic mass is 16.2. The van der Waals surface area contributed by atoms with Crippen LogP contribution in [0.1, 0.15) is 115 Å². The van der Waals surface area contributed by atoms with Gasteiger partial charge in [-0.15, -0.1) is 0 Å². The summed E-state index contributed by atoms with van der Waals surface area (Å²) in [7, 11) is 0. The highest BCUT2D eigenvalue weighted by molar-refractivity contribution is 6.38. The number of nitrogens with one attached hydrogen (secondary N) is 4. The Kier molecular flexibility index (Phi) is 11.7. The van der Waals surface area contributed by atoms with E-state index in [1.807, 2.05) is 27.7 Å². The van der Waals surface area contributed by atoms with Crippen molar-refractivity contribution in [3.05, 3.63) is 24.3 Å². The number of hydrogen-bond acceptors (Lipinski definition) is 8. The molecule has 0 spiro atoms. The van der Waals surface area contributed by atoms with Crippen molar-refractivity contribution in [1.82, 2.24) is 36.1 Å². The molecule has 4 fully saturated rings. The van der Waals surface area contributed by atoms with Gasteiger partial charge >= 0.3 is 0 Å². The number of carbonyl (C=O) groups excluding carboxylic acids is 6. The normalized spacial score (nSPS) is 24.2. The fourth-order valence-corrected chi connectivity index (χ4v) is 7.87. The van der Waals surface area contributed by atoms with Gasteiger partial charge in [0.2, 0.25) is 23.5 Å². The van der Waals surface area contributed by atoms with Gasteiger partial charge in [-0.3, -0.25) is 33.8 Å². The lowest BCUT2D eigenvalue weighted by Gasteiger charge is -2.38. The molecule has 5 rings (SSSR count). The van der Waals surface area contributed by atoms with Gasteiger partial charge in [-0.1, -0.05) is 59.8 Å². The molecular weight excluding hydrogens is 626 g/mol. The highest BCUT2D eigenvalue weighted by Crippen LogP contribution is 2.43. The molecule has 268 valence electrons.